The van der Waals surface area contributed by atoms with E-state index in [9.17, 15) is 14.7 Å². The number of pyridine rings is 1. The molecular weight excluding hydrogens is 262 g/mol. The number of aliphatic hydroxyl groups excluding tert-OH is 1. The molecule has 0 spiro atoms. The molecule has 0 aliphatic rings. The molecule has 6 heteroatoms. The SMILES string of the molecule is CCOC(=O)C[C@H](C(=O)OCC)[C@H](O)c1ccccn1. The van der Waals surface area contributed by atoms with Crippen molar-refractivity contribution >= 4 is 11.9 Å². The summed E-state index contributed by atoms with van der Waals surface area (Å²) in [6.07, 6.45) is 0.0508. The number of carbonyl (C=O) groups is 2. The van der Waals surface area contributed by atoms with Gasteiger partial charge in [0.2, 0.25) is 0 Å². The van der Waals surface area contributed by atoms with E-state index in [0.717, 1.165) is 0 Å². The van der Waals surface area contributed by atoms with Crippen LogP contribution in [-0.4, -0.2) is 35.2 Å². The normalized spacial score (nSPS) is 13.3. The second-order valence-corrected chi connectivity index (χ2v) is 4.07. The zero-order valence-electron chi connectivity index (χ0n) is 11.6. The quantitative estimate of drug-likeness (QED) is 0.757. The molecule has 6 nitrogen and oxygen atoms in total. The van der Waals surface area contributed by atoms with Gasteiger partial charge in [-0.3, -0.25) is 14.6 Å². The van der Waals surface area contributed by atoms with E-state index in [-0.39, 0.29) is 19.6 Å². The molecular formula is C14H19NO5. The Morgan fingerprint density at radius 2 is 1.95 bits per heavy atom. The highest BCUT2D eigenvalue weighted by molar-refractivity contribution is 5.80. The van der Waals surface area contributed by atoms with Crippen LogP contribution < -0.4 is 0 Å². The molecule has 0 radical (unpaired) electrons. The average molecular weight is 281 g/mol. The number of hydrogen-bond donors (Lipinski definition) is 1. The lowest BCUT2D eigenvalue weighted by Crippen LogP contribution is -2.28. The van der Waals surface area contributed by atoms with Crippen LogP contribution in [0.25, 0.3) is 0 Å². The summed E-state index contributed by atoms with van der Waals surface area (Å²) in [4.78, 5) is 27.4. The zero-order valence-corrected chi connectivity index (χ0v) is 11.6. The number of aliphatic hydroxyl groups is 1. The van der Waals surface area contributed by atoms with Gasteiger partial charge in [-0.2, -0.15) is 0 Å². The lowest BCUT2D eigenvalue weighted by molar-refractivity contribution is -0.159. The van der Waals surface area contributed by atoms with Crippen molar-refractivity contribution < 1.29 is 24.2 Å². The lowest BCUT2D eigenvalue weighted by Gasteiger charge is -2.20. The maximum absolute atomic E-state index is 11.9. The van der Waals surface area contributed by atoms with Crippen LogP contribution >= 0.6 is 0 Å². The van der Waals surface area contributed by atoms with Crippen molar-refractivity contribution in [2.45, 2.75) is 26.4 Å². The fourth-order valence-corrected chi connectivity index (χ4v) is 1.73. The lowest BCUT2D eigenvalue weighted by atomic mass is 9.96. The van der Waals surface area contributed by atoms with Crippen LogP contribution in [0.15, 0.2) is 24.4 Å². The maximum Gasteiger partial charge on any atom is 0.312 e. The van der Waals surface area contributed by atoms with Gasteiger partial charge in [-0.1, -0.05) is 6.07 Å². The van der Waals surface area contributed by atoms with Gasteiger partial charge in [0, 0.05) is 6.20 Å². The average Bonchev–Trinajstić information content (AvgIpc) is 2.45. The summed E-state index contributed by atoms with van der Waals surface area (Å²) >= 11 is 0. The van der Waals surface area contributed by atoms with Gasteiger partial charge in [-0.15, -0.1) is 0 Å². The van der Waals surface area contributed by atoms with Gasteiger partial charge in [-0.25, -0.2) is 0 Å². The Balaban J connectivity index is 2.86. The van der Waals surface area contributed by atoms with Crippen molar-refractivity contribution in [1.82, 2.24) is 4.98 Å². The summed E-state index contributed by atoms with van der Waals surface area (Å²) in [5.41, 5.74) is 0.315. The third-order valence-corrected chi connectivity index (χ3v) is 2.65. The van der Waals surface area contributed by atoms with E-state index in [4.69, 9.17) is 9.47 Å². The summed E-state index contributed by atoms with van der Waals surface area (Å²) < 4.78 is 9.70. The molecule has 1 heterocycles. The van der Waals surface area contributed by atoms with Crippen LogP contribution in [0.3, 0.4) is 0 Å². The fourth-order valence-electron chi connectivity index (χ4n) is 1.73. The molecule has 110 valence electrons. The number of esters is 2. The van der Waals surface area contributed by atoms with Crippen LogP contribution in [0.2, 0.25) is 0 Å². The Bertz CT molecular complexity index is 434. The summed E-state index contributed by atoms with van der Waals surface area (Å²) in [5, 5.41) is 10.2. The fraction of sp³-hybridized carbons (Fsp3) is 0.500. The highest BCUT2D eigenvalue weighted by Gasteiger charge is 2.32. The minimum atomic E-state index is -1.21. The van der Waals surface area contributed by atoms with Crippen LogP contribution in [0, 0.1) is 5.92 Å². The van der Waals surface area contributed by atoms with Gasteiger partial charge in [0.25, 0.3) is 0 Å². The molecule has 0 unspecified atom stereocenters. The molecule has 0 saturated carbocycles. The molecule has 0 fully saturated rings. The summed E-state index contributed by atoms with van der Waals surface area (Å²) in [6.45, 7) is 3.72. The third kappa shape index (κ3) is 4.62. The Kier molecular flexibility index (Phi) is 6.66. The van der Waals surface area contributed by atoms with Gasteiger partial charge < -0.3 is 14.6 Å². The third-order valence-electron chi connectivity index (χ3n) is 2.65. The Labute approximate surface area is 117 Å². The number of aromatic nitrogens is 1. The molecule has 1 rings (SSSR count). The number of nitrogens with zero attached hydrogens (tertiary/aromatic N) is 1. The van der Waals surface area contributed by atoms with Gasteiger partial charge in [0.15, 0.2) is 0 Å². The van der Waals surface area contributed by atoms with Crippen molar-refractivity contribution in [3.63, 3.8) is 0 Å². The van der Waals surface area contributed by atoms with Crippen LogP contribution in [0.4, 0.5) is 0 Å². The van der Waals surface area contributed by atoms with Gasteiger partial charge in [-0.05, 0) is 26.0 Å². The number of rotatable bonds is 7. The van der Waals surface area contributed by atoms with E-state index < -0.39 is 24.0 Å². The molecule has 20 heavy (non-hydrogen) atoms. The van der Waals surface area contributed by atoms with Gasteiger partial charge >= 0.3 is 11.9 Å². The first-order valence-corrected chi connectivity index (χ1v) is 6.51. The van der Waals surface area contributed by atoms with Crippen molar-refractivity contribution in [3.8, 4) is 0 Å². The van der Waals surface area contributed by atoms with Crippen molar-refractivity contribution in [2.75, 3.05) is 13.2 Å². The molecule has 1 aromatic rings. The summed E-state index contributed by atoms with van der Waals surface area (Å²) in [5.74, 6) is -2.22. The summed E-state index contributed by atoms with van der Waals surface area (Å²) in [6, 6.07) is 4.97. The van der Waals surface area contributed by atoms with E-state index in [2.05, 4.69) is 4.98 Å². The smallest absolute Gasteiger partial charge is 0.312 e. The maximum atomic E-state index is 11.9. The minimum absolute atomic E-state index is 0.174. The predicted molar refractivity (Wildman–Crippen MR) is 70.6 cm³/mol. The molecule has 1 aromatic heterocycles. The molecule has 0 bridgehead atoms. The highest BCUT2D eigenvalue weighted by atomic mass is 16.5. The second kappa shape index (κ2) is 8.27. The first kappa shape index (κ1) is 16.1. The topological polar surface area (TPSA) is 85.7 Å². The van der Waals surface area contributed by atoms with Gasteiger partial charge in [0.1, 0.15) is 6.10 Å². The predicted octanol–water partition coefficient (Wildman–Crippen LogP) is 1.25. The Hall–Kier alpha value is -1.95. The number of ether oxygens (including phenoxy) is 2. The monoisotopic (exact) mass is 281 g/mol. The molecule has 0 aromatic carbocycles. The molecule has 0 saturated heterocycles. The largest absolute Gasteiger partial charge is 0.466 e. The second-order valence-electron chi connectivity index (χ2n) is 4.07. The highest BCUT2D eigenvalue weighted by Crippen LogP contribution is 2.25. The first-order chi connectivity index (χ1) is 9.60. The molecule has 0 amide bonds. The van der Waals surface area contributed by atoms with Crippen molar-refractivity contribution in [1.29, 1.82) is 0 Å². The Morgan fingerprint density at radius 1 is 1.25 bits per heavy atom. The minimum Gasteiger partial charge on any atom is -0.466 e. The molecule has 2 atom stereocenters. The molecule has 1 N–H and O–H groups in total. The van der Waals surface area contributed by atoms with E-state index in [1.54, 1.807) is 32.0 Å². The van der Waals surface area contributed by atoms with E-state index in [0.29, 0.717) is 5.69 Å². The van der Waals surface area contributed by atoms with Crippen molar-refractivity contribution in [2.24, 2.45) is 5.92 Å². The van der Waals surface area contributed by atoms with Crippen LogP contribution in [0.5, 0.6) is 0 Å². The standard InChI is InChI=1S/C14H19NO5/c1-3-19-12(16)9-10(14(18)20-4-2)13(17)11-7-5-6-8-15-11/h5-8,10,13,17H,3-4,9H2,1-2H3/t10-,13-/m0/s1. The first-order valence-electron chi connectivity index (χ1n) is 6.51. The molecule has 0 aliphatic carbocycles. The van der Waals surface area contributed by atoms with Crippen LogP contribution in [-0.2, 0) is 19.1 Å². The van der Waals surface area contributed by atoms with Crippen molar-refractivity contribution in [3.05, 3.63) is 30.1 Å². The van der Waals surface area contributed by atoms with Crippen LogP contribution in [0.1, 0.15) is 32.1 Å². The molecule has 0 aliphatic heterocycles. The van der Waals surface area contributed by atoms with E-state index in [1.165, 1.54) is 6.20 Å². The number of hydrogen-bond acceptors (Lipinski definition) is 6. The Morgan fingerprint density at radius 3 is 2.50 bits per heavy atom. The zero-order chi connectivity index (χ0) is 15.0. The van der Waals surface area contributed by atoms with E-state index >= 15 is 0 Å². The number of carbonyl (C=O) groups excluding carboxylic acids is 2. The van der Waals surface area contributed by atoms with Gasteiger partial charge in [0.05, 0.1) is 31.2 Å². The van der Waals surface area contributed by atoms with E-state index in [1.807, 2.05) is 0 Å². The summed E-state index contributed by atoms with van der Waals surface area (Å²) in [7, 11) is 0.